The summed E-state index contributed by atoms with van der Waals surface area (Å²) in [5.41, 5.74) is 8.30. The van der Waals surface area contributed by atoms with Gasteiger partial charge in [0.15, 0.2) is 11.5 Å². The van der Waals surface area contributed by atoms with Gasteiger partial charge in [-0.15, -0.1) is 0 Å². The number of rotatable bonds is 8. The maximum absolute atomic E-state index is 11.6. The first kappa shape index (κ1) is 14.0. The van der Waals surface area contributed by atoms with E-state index in [0.29, 0.717) is 18.8 Å². The molecule has 1 amide bonds. The third kappa shape index (κ3) is 4.86. The number of carbonyl (C=O) groups excluding carboxylic acids is 1. The Morgan fingerprint density at radius 2 is 2.50 bits per heavy atom. The van der Waals surface area contributed by atoms with Crippen molar-refractivity contribution < 1.29 is 14.1 Å². The molecule has 0 radical (unpaired) electrons. The summed E-state index contributed by atoms with van der Waals surface area (Å²) in [6.45, 7) is 1.23. The van der Waals surface area contributed by atoms with Crippen molar-refractivity contribution in [1.82, 2.24) is 10.5 Å². The molecule has 0 saturated carbocycles. The number of nitrogens with one attached hydrogen (secondary N) is 1. The number of azide groups is 1. The highest BCUT2D eigenvalue weighted by Gasteiger charge is 2.11. The Labute approximate surface area is 104 Å². The molecule has 0 bridgehead atoms. The molecular formula is C10H15N5O3. The number of hydrogen-bond acceptors (Lipinski definition) is 5. The Bertz CT molecular complexity index is 425. The van der Waals surface area contributed by atoms with Crippen molar-refractivity contribution in [3.63, 3.8) is 0 Å². The SMILES string of the molecule is COCc1cc(C(=O)NCCCCN=[N+]=[N-])no1. The van der Waals surface area contributed by atoms with Gasteiger partial charge in [-0.05, 0) is 18.4 Å². The first-order chi connectivity index (χ1) is 8.77. The summed E-state index contributed by atoms with van der Waals surface area (Å²) >= 11 is 0. The first-order valence-corrected chi connectivity index (χ1v) is 5.51. The van der Waals surface area contributed by atoms with E-state index >= 15 is 0 Å². The van der Waals surface area contributed by atoms with E-state index in [9.17, 15) is 4.79 Å². The molecule has 0 aliphatic rings. The third-order valence-electron chi connectivity index (χ3n) is 2.11. The van der Waals surface area contributed by atoms with Crippen LogP contribution >= 0.6 is 0 Å². The average molecular weight is 253 g/mol. The minimum atomic E-state index is -0.287. The second-order valence-corrected chi connectivity index (χ2v) is 3.53. The van der Waals surface area contributed by atoms with E-state index in [1.165, 1.54) is 7.11 Å². The van der Waals surface area contributed by atoms with Gasteiger partial charge in [0.2, 0.25) is 0 Å². The molecule has 8 nitrogen and oxygen atoms in total. The fraction of sp³-hybridized carbons (Fsp3) is 0.600. The Morgan fingerprint density at radius 3 is 3.22 bits per heavy atom. The zero-order valence-corrected chi connectivity index (χ0v) is 10.1. The first-order valence-electron chi connectivity index (χ1n) is 5.51. The summed E-state index contributed by atoms with van der Waals surface area (Å²) in [6.07, 6.45) is 1.48. The number of methoxy groups -OCH3 is 1. The van der Waals surface area contributed by atoms with Gasteiger partial charge in [0, 0.05) is 31.2 Å². The maximum Gasteiger partial charge on any atom is 0.273 e. The molecule has 1 rings (SSSR count). The van der Waals surface area contributed by atoms with Crippen LogP contribution in [0.5, 0.6) is 0 Å². The van der Waals surface area contributed by atoms with Crippen LogP contribution in [0.25, 0.3) is 10.4 Å². The van der Waals surface area contributed by atoms with Gasteiger partial charge in [-0.3, -0.25) is 4.79 Å². The van der Waals surface area contributed by atoms with Gasteiger partial charge >= 0.3 is 0 Å². The number of amides is 1. The van der Waals surface area contributed by atoms with Gasteiger partial charge in [-0.25, -0.2) is 0 Å². The summed E-state index contributed by atoms with van der Waals surface area (Å²) in [7, 11) is 1.53. The predicted molar refractivity (Wildman–Crippen MR) is 62.8 cm³/mol. The number of nitrogens with zero attached hydrogens (tertiary/aromatic N) is 4. The lowest BCUT2D eigenvalue weighted by molar-refractivity contribution is 0.0943. The van der Waals surface area contributed by atoms with Crippen molar-refractivity contribution in [2.75, 3.05) is 20.2 Å². The predicted octanol–water partition coefficient (Wildman–Crippen LogP) is 1.64. The van der Waals surface area contributed by atoms with Crippen molar-refractivity contribution in [1.29, 1.82) is 0 Å². The topological polar surface area (TPSA) is 113 Å². The van der Waals surface area contributed by atoms with Crippen LogP contribution in [-0.4, -0.2) is 31.3 Å². The van der Waals surface area contributed by atoms with E-state index in [-0.39, 0.29) is 18.2 Å². The van der Waals surface area contributed by atoms with Crippen molar-refractivity contribution in [3.8, 4) is 0 Å². The Balaban J connectivity index is 2.25. The minimum absolute atomic E-state index is 0.233. The quantitative estimate of drug-likeness (QED) is 0.328. The second-order valence-electron chi connectivity index (χ2n) is 3.53. The highest BCUT2D eigenvalue weighted by Crippen LogP contribution is 2.04. The van der Waals surface area contributed by atoms with Gasteiger partial charge in [0.05, 0.1) is 0 Å². The van der Waals surface area contributed by atoms with E-state index < -0.39 is 0 Å². The maximum atomic E-state index is 11.6. The monoisotopic (exact) mass is 253 g/mol. The molecule has 0 aromatic carbocycles. The van der Waals surface area contributed by atoms with Crippen LogP contribution in [0.15, 0.2) is 15.7 Å². The molecule has 0 aliphatic carbocycles. The van der Waals surface area contributed by atoms with E-state index in [0.717, 1.165) is 12.8 Å². The number of carbonyl (C=O) groups is 1. The number of ether oxygens (including phenoxy) is 1. The Hall–Kier alpha value is -2.05. The lowest BCUT2D eigenvalue weighted by atomic mass is 10.3. The molecule has 0 unspecified atom stereocenters. The molecule has 0 fully saturated rings. The average Bonchev–Trinajstić information content (AvgIpc) is 2.82. The molecule has 0 saturated heterocycles. The lowest BCUT2D eigenvalue weighted by Gasteiger charge is -2.00. The van der Waals surface area contributed by atoms with Crippen LogP contribution in [0.4, 0.5) is 0 Å². The molecular weight excluding hydrogens is 238 g/mol. The molecule has 1 aromatic rings. The van der Waals surface area contributed by atoms with Gasteiger partial charge < -0.3 is 14.6 Å². The van der Waals surface area contributed by atoms with Crippen molar-refractivity contribution in [2.24, 2.45) is 5.11 Å². The Morgan fingerprint density at radius 1 is 1.67 bits per heavy atom. The lowest BCUT2D eigenvalue weighted by Crippen LogP contribution is -2.24. The van der Waals surface area contributed by atoms with Crippen LogP contribution in [0, 0.1) is 0 Å². The summed E-state index contributed by atoms with van der Waals surface area (Å²) in [4.78, 5) is 14.2. The highest BCUT2D eigenvalue weighted by atomic mass is 16.5. The molecule has 98 valence electrons. The van der Waals surface area contributed by atoms with Crippen LogP contribution in [0.1, 0.15) is 29.1 Å². The molecule has 0 atom stereocenters. The zero-order valence-electron chi connectivity index (χ0n) is 10.1. The second kappa shape index (κ2) is 8.10. The minimum Gasteiger partial charge on any atom is -0.377 e. The standard InChI is InChI=1S/C10H15N5O3/c1-17-7-8-6-9(14-18-8)10(16)12-4-2-3-5-13-15-11/h6H,2-5,7H2,1H3,(H,12,16). The van der Waals surface area contributed by atoms with E-state index in [4.69, 9.17) is 14.8 Å². The summed E-state index contributed by atoms with van der Waals surface area (Å²) < 4.78 is 9.75. The van der Waals surface area contributed by atoms with E-state index in [1.54, 1.807) is 6.07 Å². The van der Waals surface area contributed by atoms with E-state index in [2.05, 4.69) is 20.5 Å². The summed E-state index contributed by atoms with van der Waals surface area (Å²) in [6, 6.07) is 1.54. The molecule has 0 aliphatic heterocycles. The van der Waals surface area contributed by atoms with Crippen molar-refractivity contribution >= 4 is 5.91 Å². The number of hydrogen-bond donors (Lipinski definition) is 1. The fourth-order valence-corrected chi connectivity index (χ4v) is 1.27. The third-order valence-corrected chi connectivity index (χ3v) is 2.11. The Kier molecular flexibility index (Phi) is 6.31. The van der Waals surface area contributed by atoms with Crippen molar-refractivity contribution in [2.45, 2.75) is 19.4 Å². The van der Waals surface area contributed by atoms with Gasteiger partial charge in [0.25, 0.3) is 5.91 Å². The van der Waals surface area contributed by atoms with Crippen LogP contribution in [0.3, 0.4) is 0 Å². The van der Waals surface area contributed by atoms with Crippen molar-refractivity contribution in [3.05, 3.63) is 28.0 Å². The molecule has 1 heterocycles. The summed E-state index contributed by atoms with van der Waals surface area (Å²) in [5, 5.41) is 9.72. The number of unbranched alkanes of at least 4 members (excludes halogenated alkanes) is 1. The smallest absolute Gasteiger partial charge is 0.273 e. The van der Waals surface area contributed by atoms with Gasteiger partial charge in [-0.1, -0.05) is 10.3 Å². The molecule has 0 spiro atoms. The van der Waals surface area contributed by atoms with Gasteiger partial charge in [-0.2, -0.15) is 0 Å². The number of aromatic nitrogens is 1. The largest absolute Gasteiger partial charge is 0.377 e. The van der Waals surface area contributed by atoms with Crippen LogP contribution < -0.4 is 5.32 Å². The molecule has 18 heavy (non-hydrogen) atoms. The van der Waals surface area contributed by atoms with Crippen LogP contribution in [0.2, 0.25) is 0 Å². The molecule has 8 heteroatoms. The summed E-state index contributed by atoms with van der Waals surface area (Å²) in [5.74, 6) is 0.218. The zero-order chi connectivity index (χ0) is 13.2. The fourth-order valence-electron chi connectivity index (χ4n) is 1.27. The highest BCUT2D eigenvalue weighted by molar-refractivity contribution is 5.92. The van der Waals surface area contributed by atoms with Crippen LogP contribution in [-0.2, 0) is 11.3 Å². The van der Waals surface area contributed by atoms with Gasteiger partial charge in [0.1, 0.15) is 6.61 Å². The normalized spacial score (nSPS) is 9.83. The molecule has 1 N–H and O–H groups in total. The molecule has 1 aromatic heterocycles. The van der Waals surface area contributed by atoms with E-state index in [1.807, 2.05) is 0 Å².